The summed E-state index contributed by atoms with van der Waals surface area (Å²) in [4.78, 5) is 107. The fraction of sp³-hybridized carbons (Fsp3) is 0.914. The summed E-state index contributed by atoms with van der Waals surface area (Å²) in [6, 6.07) is -9.64. The Morgan fingerprint density at radius 3 is 1.15 bits per heavy atom. The molecule has 31 N–H and O–H groups in total. The van der Waals surface area contributed by atoms with Crippen molar-refractivity contribution in [2.45, 2.75) is 478 Å². The maximum absolute atomic E-state index is 14.3. The largest absolute Gasteiger partial charge is 0.477 e. The predicted octanol–water partition coefficient (Wildman–Crippen LogP) is -8.42. The van der Waals surface area contributed by atoms with E-state index in [1.807, 2.05) is 0 Å². The monoisotopic (exact) mass is 2120 g/mol. The van der Waals surface area contributed by atoms with Gasteiger partial charge in [-0.1, -0.05) is 162 Å². The molecule has 0 bridgehead atoms. The zero-order chi connectivity index (χ0) is 109. The average molecular weight is 2120 g/mol. The van der Waals surface area contributed by atoms with Crippen molar-refractivity contribution in [3.05, 3.63) is 0 Å². The van der Waals surface area contributed by atoms with Crippen molar-refractivity contribution in [3.8, 4) is 0 Å². The van der Waals surface area contributed by atoms with Gasteiger partial charge in [-0.25, -0.2) is 14.4 Å². The molecular formula is C93H163N5O48. The maximum Gasteiger partial charge on any atom is 0.364 e. The SMILES string of the molecule is CCCCCCCCCCCCCCCC(=O)NC(COC1OC(CO)C(OC2OC(CO)C(O)C(OC3OC(CO)C(O)C(OC4(C(=O)O)CC(O)C(NC(C)=O)C(C(O)C(CO)OC5OC(CO)C(OC6(C(=O)O)CC(O)C(NC(C)=O)C(C(O)C(O)CO)O6)C(OC6(C(=O)O)CC(O)C(NC(C)=O)C(C(O)C(O)CO)O6)C5O)O4)C3NC(C)=O)C2O)C(O)C1O)C(O)C(O)CCCCCCCCCCC(C)CC. The highest BCUT2D eigenvalue weighted by Gasteiger charge is 2.67. The van der Waals surface area contributed by atoms with Crippen LogP contribution in [-0.4, -0.2) is 483 Å². The average Bonchev–Trinajstić information content (AvgIpc) is 0.743. The number of aliphatic hydroxyl groups excluding tert-OH is 23. The molecule has 7 fully saturated rings. The van der Waals surface area contributed by atoms with Crippen LogP contribution in [0.1, 0.15) is 228 Å². The van der Waals surface area contributed by atoms with E-state index < -0.39 is 369 Å². The van der Waals surface area contributed by atoms with E-state index in [0.717, 1.165) is 111 Å². The number of aliphatic carboxylic acids is 3. The minimum absolute atomic E-state index is 0.0430. The van der Waals surface area contributed by atoms with E-state index in [-0.39, 0.29) is 12.8 Å². The molecule has 0 aromatic carbocycles. The van der Waals surface area contributed by atoms with E-state index >= 15 is 0 Å². The molecule has 848 valence electrons. The van der Waals surface area contributed by atoms with E-state index in [4.69, 9.17) is 66.3 Å². The standard InChI is InChI=1S/C93H163N5O48/c1-8-10-11-12-13-14-15-16-17-18-23-26-29-32-61(116)98-49(66(117)50(110)31-28-25-22-20-19-21-24-27-30-44(3)9-2)43-133-85-73(124)72(123)76(59(41-104)137-85)139-87-74(125)82(71(122)58(40-103)136-87)140-84-65(97-48(7)109)81(70(121)56(38-101)134-84)145-92(89(129)130)34-53(113)64(96-47(6)108)80(144-92)69(120)57(39-102)135-86-75(126)83(146-93(90(131)132)35-52(112)63(95-46(5)107)79(143-93)68(119)55(115)37-100)77(60(42-105)138-86)141-91(88(127)128)33-51(111)62(94-45(4)106)78(142-91)67(118)54(114)36-99/h44,49-60,62-87,99-105,110-115,117-126H,8-43H2,1-7H3,(H,94,106)(H,95,107)(H,96,108)(H,97,109)(H,98,116)(H,127,128)(H,129,130)(H,131,132). The van der Waals surface area contributed by atoms with E-state index in [1.54, 1.807) is 0 Å². The Balaban J connectivity index is 1.16. The van der Waals surface area contributed by atoms with E-state index in [1.165, 1.54) is 51.4 Å². The number of nitrogens with one attached hydrogen (secondary N) is 5. The molecule has 7 aliphatic heterocycles. The van der Waals surface area contributed by atoms with Crippen LogP contribution in [0.25, 0.3) is 0 Å². The molecule has 53 heteroatoms. The number of rotatable bonds is 64. The molecule has 0 aliphatic carbocycles. The van der Waals surface area contributed by atoms with Crippen LogP contribution in [0.3, 0.4) is 0 Å². The quantitative estimate of drug-likeness (QED) is 0.0252. The Morgan fingerprint density at radius 1 is 0.370 bits per heavy atom. The van der Waals surface area contributed by atoms with E-state index in [9.17, 15) is 171 Å². The van der Waals surface area contributed by atoms with Crippen LogP contribution in [-0.2, 0) is 105 Å². The second kappa shape index (κ2) is 61.4. The highest BCUT2D eigenvalue weighted by molar-refractivity contribution is 5.79. The Hall–Kier alpha value is -5.72. The number of carboxylic acids is 3. The molecule has 0 spiro atoms. The third-order valence-corrected chi connectivity index (χ3v) is 27.8. The van der Waals surface area contributed by atoms with E-state index in [0.29, 0.717) is 18.8 Å². The van der Waals surface area contributed by atoms with Crippen LogP contribution in [0, 0.1) is 5.92 Å². The van der Waals surface area contributed by atoms with E-state index in [2.05, 4.69) is 47.4 Å². The van der Waals surface area contributed by atoms with Gasteiger partial charge in [0.1, 0.15) is 159 Å². The lowest BCUT2D eigenvalue weighted by Gasteiger charge is -2.53. The van der Waals surface area contributed by atoms with Gasteiger partial charge in [0.2, 0.25) is 29.5 Å². The number of carboxylic acid groups (broad SMARTS) is 3. The van der Waals surface area contributed by atoms with Crippen molar-refractivity contribution < 1.29 is 237 Å². The highest BCUT2D eigenvalue weighted by Crippen LogP contribution is 2.46. The Labute approximate surface area is 845 Å². The minimum Gasteiger partial charge on any atom is -0.477 e. The first kappa shape index (κ1) is 127. The van der Waals surface area contributed by atoms with Crippen LogP contribution in [0.15, 0.2) is 0 Å². The number of hydrogen-bond donors (Lipinski definition) is 31. The number of amides is 5. The second-order valence-electron chi connectivity index (χ2n) is 39.2. The maximum atomic E-state index is 14.3. The summed E-state index contributed by atoms with van der Waals surface area (Å²) in [5.41, 5.74) is 0. The zero-order valence-corrected chi connectivity index (χ0v) is 83.6. The van der Waals surface area contributed by atoms with Gasteiger partial charge in [-0.05, 0) is 18.8 Å². The van der Waals surface area contributed by atoms with Crippen LogP contribution >= 0.6 is 0 Å². The van der Waals surface area contributed by atoms with Gasteiger partial charge in [0.15, 0.2) is 25.2 Å². The Morgan fingerprint density at radius 2 is 0.733 bits per heavy atom. The lowest BCUT2D eigenvalue weighted by molar-refractivity contribution is -0.404. The van der Waals surface area contributed by atoms with Gasteiger partial charge in [0.05, 0.1) is 101 Å². The molecule has 0 aromatic rings. The smallest absolute Gasteiger partial charge is 0.364 e. The topological polar surface area (TPSA) is 852 Å². The van der Waals surface area contributed by atoms with Gasteiger partial charge in [-0.2, -0.15) is 0 Å². The molecule has 0 aromatic heterocycles. The lowest BCUT2D eigenvalue weighted by Crippen LogP contribution is -2.73. The van der Waals surface area contributed by atoms with Gasteiger partial charge in [0, 0.05) is 53.4 Å². The number of carbonyl (C=O) groups excluding carboxylic acids is 5. The summed E-state index contributed by atoms with van der Waals surface area (Å²) in [7, 11) is 0. The fourth-order valence-corrected chi connectivity index (χ4v) is 19.4. The number of carbonyl (C=O) groups is 8. The summed E-state index contributed by atoms with van der Waals surface area (Å²) >= 11 is 0. The molecule has 42 unspecified atom stereocenters. The molecule has 7 saturated heterocycles. The summed E-state index contributed by atoms with van der Waals surface area (Å²) in [5.74, 6) is -22.0. The van der Waals surface area contributed by atoms with Crippen molar-refractivity contribution in [2.24, 2.45) is 5.92 Å². The Kier molecular flexibility index (Phi) is 53.5. The summed E-state index contributed by atoms with van der Waals surface area (Å²) in [5, 5.41) is 309. The summed E-state index contributed by atoms with van der Waals surface area (Å²) in [6.45, 7) is -0.117. The first-order valence-corrected chi connectivity index (χ1v) is 50.7. The van der Waals surface area contributed by atoms with Gasteiger partial charge < -0.3 is 226 Å². The molecule has 53 nitrogen and oxygen atoms in total. The summed E-state index contributed by atoms with van der Waals surface area (Å²) < 4.78 is 83.6. The number of ether oxygens (including phenoxy) is 14. The third kappa shape index (κ3) is 34.6. The number of unbranched alkanes of at least 4 members (excludes halogenated alkanes) is 19. The van der Waals surface area contributed by atoms with Crippen LogP contribution in [0.2, 0.25) is 0 Å². The molecule has 5 amide bonds. The lowest BCUT2D eigenvalue weighted by atomic mass is 9.87. The molecule has 42 atom stereocenters. The third-order valence-electron chi connectivity index (χ3n) is 27.8. The molecule has 0 radical (unpaired) electrons. The first-order chi connectivity index (χ1) is 69.2. The van der Waals surface area contributed by atoms with Crippen molar-refractivity contribution in [1.82, 2.24) is 26.6 Å². The normalized spacial score (nSPS) is 36.1. The predicted molar refractivity (Wildman–Crippen MR) is 493 cm³/mol. The van der Waals surface area contributed by atoms with Crippen LogP contribution < -0.4 is 26.6 Å². The van der Waals surface area contributed by atoms with Crippen LogP contribution in [0.4, 0.5) is 0 Å². The molecule has 0 saturated carbocycles. The van der Waals surface area contributed by atoms with Gasteiger partial charge in [-0.15, -0.1) is 0 Å². The van der Waals surface area contributed by atoms with Crippen molar-refractivity contribution in [2.75, 3.05) is 52.9 Å². The van der Waals surface area contributed by atoms with Crippen molar-refractivity contribution in [1.29, 1.82) is 0 Å². The van der Waals surface area contributed by atoms with Crippen LogP contribution in [0.5, 0.6) is 0 Å². The van der Waals surface area contributed by atoms with Crippen molar-refractivity contribution >= 4 is 47.4 Å². The van der Waals surface area contributed by atoms with Gasteiger partial charge in [0.25, 0.3) is 17.4 Å². The number of hydrogen-bond acceptors (Lipinski definition) is 45. The molecule has 146 heavy (non-hydrogen) atoms. The molecule has 7 rings (SSSR count). The summed E-state index contributed by atoms with van der Waals surface area (Å²) in [6.07, 6.45) is -57.7. The second-order valence-corrected chi connectivity index (χ2v) is 39.2. The molecular weight excluding hydrogens is 1960 g/mol. The number of aliphatic hydroxyl groups is 23. The Bertz CT molecular complexity index is 3890. The molecule has 7 aliphatic rings. The molecule has 7 heterocycles. The highest BCUT2D eigenvalue weighted by atomic mass is 16.8. The first-order valence-electron chi connectivity index (χ1n) is 50.7. The zero-order valence-electron chi connectivity index (χ0n) is 83.6. The van der Waals surface area contributed by atoms with Crippen molar-refractivity contribution in [3.63, 3.8) is 0 Å². The van der Waals surface area contributed by atoms with Gasteiger partial charge in [-0.3, -0.25) is 24.0 Å². The fourth-order valence-electron chi connectivity index (χ4n) is 19.4. The minimum atomic E-state index is -3.68. The van der Waals surface area contributed by atoms with Gasteiger partial charge >= 0.3 is 17.9 Å².